The van der Waals surface area contributed by atoms with Crippen molar-refractivity contribution in [2.75, 3.05) is 0 Å². The molecule has 0 spiro atoms. The zero-order valence-corrected chi connectivity index (χ0v) is 20.8. The van der Waals surface area contributed by atoms with Crippen LogP contribution in [0, 0.1) is 0 Å². The van der Waals surface area contributed by atoms with Gasteiger partial charge in [-0.3, -0.25) is 4.79 Å². The van der Waals surface area contributed by atoms with Gasteiger partial charge < -0.3 is 10.4 Å². The summed E-state index contributed by atoms with van der Waals surface area (Å²) in [7, 11) is 0. The van der Waals surface area contributed by atoms with Gasteiger partial charge in [-0.2, -0.15) is 5.10 Å². The molecule has 1 unspecified atom stereocenters. The minimum Gasteiger partial charge on any atom is -0.480 e. The summed E-state index contributed by atoms with van der Waals surface area (Å²) in [5.41, 5.74) is 4.13. The molecule has 37 heavy (non-hydrogen) atoms. The Morgan fingerprint density at radius 1 is 0.892 bits per heavy atom. The van der Waals surface area contributed by atoms with Crippen LogP contribution in [0.3, 0.4) is 0 Å². The number of fused-ring (bicyclic) bond motifs is 1. The highest BCUT2D eigenvalue weighted by atomic mass is 35.5. The van der Waals surface area contributed by atoms with E-state index in [0.29, 0.717) is 21.3 Å². The molecule has 1 atom stereocenters. The van der Waals surface area contributed by atoms with Crippen LogP contribution in [0.4, 0.5) is 0 Å². The third-order valence-electron chi connectivity index (χ3n) is 5.94. The van der Waals surface area contributed by atoms with Crippen molar-refractivity contribution < 1.29 is 14.7 Å². The van der Waals surface area contributed by atoms with Crippen LogP contribution in [0.5, 0.6) is 0 Å². The lowest BCUT2D eigenvalue weighted by atomic mass is 10.0. The molecule has 3 aromatic carbocycles. The molecule has 184 valence electrons. The Balaban J connectivity index is 1.58. The number of amides is 1. The predicted molar refractivity (Wildman–Crippen MR) is 143 cm³/mol. The lowest BCUT2D eigenvalue weighted by Gasteiger charge is -2.15. The number of rotatable bonds is 7. The number of aliphatic carboxylic acids is 1. The Hall–Kier alpha value is -4.20. The molecule has 2 aromatic heterocycles. The SMILES string of the molecule is O=C(NC(Cc1ccccc1)C(=O)O)c1cnn2c(-c3ccc(Cl)cc3)c(-c3ccccc3Cl)cnc12. The van der Waals surface area contributed by atoms with Crippen LogP contribution in [-0.2, 0) is 11.2 Å². The predicted octanol–water partition coefficient (Wildman–Crippen LogP) is 5.80. The van der Waals surface area contributed by atoms with Crippen LogP contribution in [0.2, 0.25) is 10.0 Å². The third kappa shape index (κ3) is 5.05. The smallest absolute Gasteiger partial charge is 0.326 e. The molecule has 0 radical (unpaired) electrons. The number of hydrogen-bond donors (Lipinski definition) is 2. The number of carboxylic acid groups (broad SMARTS) is 1. The lowest BCUT2D eigenvalue weighted by molar-refractivity contribution is -0.139. The average Bonchev–Trinajstić information content (AvgIpc) is 3.34. The second kappa shape index (κ2) is 10.4. The van der Waals surface area contributed by atoms with Crippen molar-refractivity contribution in [2.45, 2.75) is 12.5 Å². The highest BCUT2D eigenvalue weighted by molar-refractivity contribution is 6.33. The van der Waals surface area contributed by atoms with E-state index < -0.39 is 17.9 Å². The molecule has 0 fully saturated rings. The van der Waals surface area contributed by atoms with E-state index in [2.05, 4.69) is 15.4 Å². The van der Waals surface area contributed by atoms with Gasteiger partial charge in [0.05, 0.1) is 11.9 Å². The second-order valence-electron chi connectivity index (χ2n) is 8.35. The van der Waals surface area contributed by atoms with Gasteiger partial charge >= 0.3 is 5.97 Å². The molecule has 0 saturated carbocycles. The average molecular weight is 531 g/mol. The number of aromatic nitrogens is 3. The number of hydrogen-bond acceptors (Lipinski definition) is 4. The van der Waals surface area contributed by atoms with Crippen molar-refractivity contribution in [1.29, 1.82) is 0 Å². The zero-order chi connectivity index (χ0) is 25.9. The monoisotopic (exact) mass is 530 g/mol. The fourth-order valence-electron chi connectivity index (χ4n) is 4.14. The van der Waals surface area contributed by atoms with E-state index in [-0.39, 0.29) is 17.6 Å². The zero-order valence-electron chi connectivity index (χ0n) is 19.3. The third-order valence-corrected chi connectivity index (χ3v) is 6.52. The maximum Gasteiger partial charge on any atom is 0.326 e. The van der Waals surface area contributed by atoms with Gasteiger partial charge in [0.1, 0.15) is 11.6 Å². The molecule has 5 rings (SSSR count). The summed E-state index contributed by atoms with van der Waals surface area (Å²) >= 11 is 12.6. The summed E-state index contributed by atoms with van der Waals surface area (Å²) in [6, 6.07) is 22.6. The summed E-state index contributed by atoms with van der Waals surface area (Å²) in [6.07, 6.45) is 3.16. The number of carbonyl (C=O) groups excluding carboxylic acids is 1. The minimum atomic E-state index is -1.13. The first-order valence-corrected chi connectivity index (χ1v) is 12.1. The normalized spacial score (nSPS) is 11.8. The number of halogens is 2. The molecule has 0 aliphatic heterocycles. The number of carboxylic acids is 1. The van der Waals surface area contributed by atoms with Gasteiger partial charge in [-0.25, -0.2) is 14.3 Å². The molecule has 7 nitrogen and oxygen atoms in total. The molecule has 9 heteroatoms. The fraction of sp³-hybridized carbons (Fsp3) is 0.0714. The van der Waals surface area contributed by atoms with Crippen molar-refractivity contribution in [3.05, 3.63) is 112 Å². The van der Waals surface area contributed by atoms with Gasteiger partial charge in [0, 0.05) is 39.4 Å². The molecule has 5 aromatic rings. The maximum atomic E-state index is 13.2. The number of nitrogens with zero attached hydrogens (tertiary/aromatic N) is 3. The van der Waals surface area contributed by atoms with E-state index >= 15 is 0 Å². The summed E-state index contributed by atoms with van der Waals surface area (Å²) in [4.78, 5) is 29.6. The van der Waals surface area contributed by atoms with Crippen LogP contribution in [-0.4, -0.2) is 37.6 Å². The van der Waals surface area contributed by atoms with E-state index in [1.54, 1.807) is 28.9 Å². The Morgan fingerprint density at radius 2 is 1.59 bits per heavy atom. The van der Waals surface area contributed by atoms with Gasteiger partial charge in [-0.1, -0.05) is 83.9 Å². The first-order chi connectivity index (χ1) is 17.9. The maximum absolute atomic E-state index is 13.2. The topological polar surface area (TPSA) is 96.6 Å². The summed E-state index contributed by atoms with van der Waals surface area (Å²) in [5, 5.41) is 17.9. The van der Waals surface area contributed by atoms with Crippen LogP contribution in [0.1, 0.15) is 15.9 Å². The van der Waals surface area contributed by atoms with Crippen molar-refractivity contribution in [3.8, 4) is 22.4 Å². The molecule has 2 heterocycles. The van der Waals surface area contributed by atoms with Crippen molar-refractivity contribution >= 4 is 40.7 Å². The summed E-state index contributed by atoms with van der Waals surface area (Å²) < 4.78 is 1.56. The van der Waals surface area contributed by atoms with Crippen LogP contribution in [0.15, 0.2) is 91.3 Å². The standard InChI is InChI=1S/C28H20Cl2N4O3/c29-19-12-10-18(11-13-19)25-21(20-8-4-5-9-23(20)30)15-31-26-22(16-32-34(25)26)27(35)33-24(28(36)37)14-17-6-2-1-3-7-17/h1-13,15-16,24H,14H2,(H,33,35)(H,36,37). The van der Waals surface area contributed by atoms with E-state index in [9.17, 15) is 14.7 Å². The van der Waals surface area contributed by atoms with Gasteiger partial charge in [-0.05, 0) is 23.8 Å². The molecule has 0 saturated heterocycles. The first kappa shape index (κ1) is 24.5. The summed E-state index contributed by atoms with van der Waals surface area (Å²) in [5.74, 6) is -1.72. The van der Waals surface area contributed by atoms with Crippen molar-refractivity contribution in [1.82, 2.24) is 19.9 Å². The highest BCUT2D eigenvalue weighted by Gasteiger charge is 2.25. The van der Waals surface area contributed by atoms with Gasteiger partial charge in [-0.15, -0.1) is 0 Å². The van der Waals surface area contributed by atoms with Crippen LogP contribution >= 0.6 is 23.2 Å². The van der Waals surface area contributed by atoms with Gasteiger partial charge in [0.25, 0.3) is 5.91 Å². The number of nitrogens with one attached hydrogen (secondary N) is 1. The van der Waals surface area contributed by atoms with E-state index in [1.807, 2.05) is 60.7 Å². The van der Waals surface area contributed by atoms with Crippen molar-refractivity contribution in [3.63, 3.8) is 0 Å². The second-order valence-corrected chi connectivity index (χ2v) is 9.20. The Bertz CT molecular complexity index is 1600. The van der Waals surface area contributed by atoms with Crippen LogP contribution in [0.25, 0.3) is 28.0 Å². The lowest BCUT2D eigenvalue weighted by Crippen LogP contribution is -2.42. The van der Waals surface area contributed by atoms with E-state index in [1.165, 1.54) is 6.20 Å². The molecular formula is C28H20Cl2N4O3. The van der Waals surface area contributed by atoms with Gasteiger partial charge in [0.2, 0.25) is 0 Å². The molecule has 0 bridgehead atoms. The van der Waals surface area contributed by atoms with Gasteiger partial charge in [0.15, 0.2) is 5.65 Å². The Morgan fingerprint density at radius 3 is 2.30 bits per heavy atom. The quantitative estimate of drug-likeness (QED) is 0.277. The van der Waals surface area contributed by atoms with E-state index in [0.717, 1.165) is 16.7 Å². The number of benzene rings is 3. The largest absolute Gasteiger partial charge is 0.480 e. The van der Waals surface area contributed by atoms with Crippen LogP contribution < -0.4 is 5.32 Å². The minimum absolute atomic E-state index is 0.140. The summed E-state index contributed by atoms with van der Waals surface area (Å²) in [6.45, 7) is 0. The van der Waals surface area contributed by atoms with Crippen molar-refractivity contribution in [2.24, 2.45) is 0 Å². The van der Waals surface area contributed by atoms with E-state index in [4.69, 9.17) is 23.2 Å². The molecule has 0 aliphatic rings. The molecule has 0 aliphatic carbocycles. The highest BCUT2D eigenvalue weighted by Crippen LogP contribution is 2.36. The first-order valence-electron chi connectivity index (χ1n) is 11.4. The number of carbonyl (C=O) groups is 2. The Labute approximate surface area is 222 Å². The fourth-order valence-corrected chi connectivity index (χ4v) is 4.50. The Kier molecular flexibility index (Phi) is 6.90. The molecular weight excluding hydrogens is 511 g/mol. The molecule has 2 N–H and O–H groups in total. The molecule has 1 amide bonds.